The highest BCUT2D eigenvalue weighted by molar-refractivity contribution is 6.30. The summed E-state index contributed by atoms with van der Waals surface area (Å²) < 4.78 is 13.3. The second kappa shape index (κ2) is 14.8. The van der Waals surface area contributed by atoms with Crippen molar-refractivity contribution in [3.63, 3.8) is 0 Å². The van der Waals surface area contributed by atoms with Crippen molar-refractivity contribution in [1.82, 2.24) is 14.1 Å². The van der Waals surface area contributed by atoms with Crippen LogP contribution in [-0.4, -0.2) is 46.1 Å². The van der Waals surface area contributed by atoms with Crippen molar-refractivity contribution < 1.29 is 23.9 Å². The van der Waals surface area contributed by atoms with Gasteiger partial charge < -0.3 is 24.3 Å². The molecule has 4 rings (SSSR count). The summed E-state index contributed by atoms with van der Waals surface area (Å²) in [5.41, 5.74) is 9.93. The quantitative estimate of drug-likeness (QED) is 0.144. The Morgan fingerprint density at radius 1 is 0.953 bits per heavy atom. The number of unbranched alkanes of at least 4 members (excludes halogenated alkanes) is 1. The number of aromatic nitrogens is 3. The topological polar surface area (TPSA) is 118 Å². The van der Waals surface area contributed by atoms with E-state index in [1.807, 2.05) is 47.0 Å². The van der Waals surface area contributed by atoms with E-state index in [9.17, 15) is 14.4 Å². The van der Waals surface area contributed by atoms with Crippen LogP contribution in [0.25, 0.3) is 0 Å². The molecule has 0 saturated carbocycles. The highest BCUT2D eigenvalue weighted by Gasteiger charge is 2.27. The Labute approximate surface area is 256 Å². The number of ether oxygens (including phenoxy) is 2. The summed E-state index contributed by atoms with van der Waals surface area (Å²) in [5.74, 6) is -0.278. The van der Waals surface area contributed by atoms with Crippen molar-refractivity contribution >= 4 is 29.3 Å². The Kier molecular flexibility index (Phi) is 10.9. The Balaban J connectivity index is 1.66. The number of esters is 2. The molecule has 9 nitrogen and oxygen atoms in total. The number of methoxy groups -OCH3 is 2. The van der Waals surface area contributed by atoms with E-state index in [4.69, 9.17) is 26.8 Å². The van der Waals surface area contributed by atoms with Gasteiger partial charge in [-0.15, -0.1) is 0 Å². The van der Waals surface area contributed by atoms with Crippen LogP contribution < -0.4 is 5.73 Å². The summed E-state index contributed by atoms with van der Waals surface area (Å²) in [7, 11) is 2.66. The van der Waals surface area contributed by atoms with Crippen molar-refractivity contribution in [2.24, 2.45) is 5.73 Å². The van der Waals surface area contributed by atoms with Crippen molar-refractivity contribution in [3.8, 4) is 0 Å². The molecule has 0 radical (unpaired) electrons. The number of rotatable bonds is 14. The molecule has 226 valence electrons. The predicted molar refractivity (Wildman–Crippen MR) is 164 cm³/mol. The monoisotopic (exact) mass is 604 g/mol. The molecule has 2 aromatic carbocycles. The van der Waals surface area contributed by atoms with Gasteiger partial charge >= 0.3 is 11.9 Å². The van der Waals surface area contributed by atoms with E-state index >= 15 is 0 Å². The van der Waals surface area contributed by atoms with Crippen molar-refractivity contribution in [2.75, 3.05) is 14.2 Å². The van der Waals surface area contributed by atoms with Crippen LogP contribution in [0.1, 0.15) is 81.9 Å². The van der Waals surface area contributed by atoms with Crippen LogP contribution in [0.15, 0.2) is 72.9 Å². The SMILES string of the molecule is CCCCc1nc(Cl)c(CCC(=O)OC)n1[C@H](N)c1ccc(C(=O)C(Cc2ccccc2)n2cccc2C(=O)OC)cc1. The first-order valence-corrected chi connectivity index (χ1v) is 14.7. The number of imidazole rings is 1. The molecular formula is C33H37ClN4O5. The molecule has 2 N–H and O–H groups in total. The van der Waals surface area contributed by atoms with Crippen LogP contribution in [0.3, 0.4) is 0 Å². The van der Waals surface area contributed by atoms with E-state index in [1.54, 1.807) is 35.0 Å². The van der Waals surface area contributed by atoms with E-state index in [2.05, 4.69) is 11.9 Å². The first-order valence-electron chi connectivity index (χ1n) is 14.3. The maximum atomic E-state index is 14.0. The fourth-order valence-corrected chi connectivity index (χ4v) is 5.44. The van der Waals surface area contributed by atoms with Gasteiger partial charge in [-0.25, -0.2) is 9.78 Å². The molecule has 4 aromatic rings. The second-order valence-corrected chi connectivity index (χ2v) is 10.6. The summed E-state index contributed by atoms with van der Waals surface area (Å²) in [6, 6.07) is 19.5. The molecule has 0 spiro atoms. The molecule has 2 atom stereocenters. The highest BCUT2D eigenvalue weighted by atomic mass is 35.5. The molecule has 0 aliphatic heterocycles. The highest BCUT2D eigenvalue weighted by Crippen LogP contribution is 2.28. The minimum absolute atomic E-state index is 0.144. The first-order chi connectivity index (χ1) is 20.8. The summed E-state index contributed by atoms with van der Waals surface area (Å²) in [6.45, 7) is 2.09. The van der Waals surface area contributed by atoms with E-state index in [1.165, 1.54) is 14.2 Å². The largest absolute Gasteiger partial charge is 0.469 e. The molecule has 0 aliphatic carbocycles. The molecule has 43 heavy (non-hydrogen) atoms. The molecule has 0 saturated heterocycles. The normalized spacial score (nSPS) is 12.5. The molecule has 0 aliphatic rings. The number of Topliss-reactive ketones (excluding diaryl/α,β-unsaturated/α-hetero) is 1. The maximum Gasteiger partial charge on any atom is 0.354 e. The maximum absolute atomic E-state index is 14.0. The number of nitrogens with two attached hydrogens (primary N) is 1. The van der Waals surface area contributed by atoms with Gasteiger partial charge in [0.2, 0.25) is 0 Å². The number of halogens is 1. The average molecular weight is 605 g/mol. The summed E-state index contributed by atoms with van der Waals surface area (Å²) in [4.78, 5) is 42.9. The third kappa shape index (κ3) is 7.42. The number of aryl methyl sites for hydroxylation is 1. The van der Waals surface area contributed by atoms with Gasteiger partial charge in [-0.05, 0) is 29.7 Å². The van der Waals surface area contributed by atoms with Gasteiger partial charge in [0.1, 0.15) is 23.7 Å². The Hall–Kier alpha value is -4.21. The third-order valence-electron chi connectivity index (χ3n) is 7.48. The molecule has 0 bridgehead atoms. The number of carbonyl (C=O) groups is 3. The van der Waals surface area contributed by atoms with E-state index in [0.29, 0.717) is 41.4 Å². The summed E-state index contributed by atoms with van der Waals surface area (Å²) >= 11 is 6.53. The molecule has 2 heterocycles. The van der Waals surface area contributed by atoms with Gasteiger partial charge in [0, 0.05) is 31.0 Å². The van der Waals surface area contributed by atoms with Gasteiger partial charge in [-0.2, -0.15) is 0 Å². The Bertz CT molecular complexity index is 1550. The van der Waals surface area contributed by atoms with Gasteiger partial charge in [-0.3, -0.25) is 9.59 Å². The van der Waals surface area contributed by atoms with Crippen molar-refractivity contribution in [3.05, 3.63) is 112 Å². The van der Waals surface area contributed by atoms with Crippen LogP contribution in [0, 0.1) is 0 Å². The van der Waals surface area contributed by atoms with Crippen molar-refractivity contribution in [1.29, 1.82) is 0 Å². The summed E-state index contributed by atoms with van der Waals surface area (Å²) in [5, 5.41) is 0.314. The zero-order valence-electron chi connectivity index (χ0n) is 24.7. The summed E-state index contributed by atoms with van der Waals surface area (Å²) in [6.07, 6.45) is 4.49. The minimum Gasteiger partial charge on any atom is -0.469 e. The van der Waals surface area contributed by atoms with E-state index in [0.717, 1.165) is 29.8 Å². The Morgan fingerprint density at radius 3 is 2.33 bits per heavy atom. The third-order valence-corrected chi connectivity index (χ3v) is 7.78. The lowest BCUT2D eigenvalue weighted by molar-refractivity contribution is -0.140. The smallest absolute Gasteiger partial charge is 0.354 e. The molecule has 0 amide bonds. The zero-order chi connectivity index (χ0) is 30.9. The average Bonchev–Trinajstić information content (AvgIpc) is 3.65. The van der Waals surface area contributed by atoms with E-state index < -0.39 is 18.2 Å². The first kappa shape index (κ1) is 31.7. The number of hydrogen-bond acceptors (Lipinski definition) is 7. The number of hydrogen-bond donors (Lipinski definition) is 1. The number of ketones is 1. The van der Waals surface area contributed by atoms with Crippen LogP contribution in [0.2, 0.25) is 5.15 Å². The lowest BCUT2D eigenvalue weighted by Crippen LogP contribution is -2.26. The standard InChI is InChI=1S/C33H37ClN4O5/c1-4-5-13-28-36-31(34)25(18-19-29(39)42-2)38(28)32(35)24-16-14-23(15-17-24)30(40)27(21-22-10-7-6-8-11-22)37-20-9-12-26(37)33(41)43-3/h6-12,14-17,20,27,32H,4-5,13,18-19,21,35H2,1-3H3/t27?,32-/m0/s1. The van der Waals surface area contributed by atoms with Crippen LogP contribution in [-0.2, 0) is 33.5 Å². The zero-order valence-corrected chi connectivity index (χ0v) is 25.4. The van der Waals surface area contributed by atoms with Gasteiger partial charge in [0.15, 0.2) is 10.9 Å². The number of benzene rings is 2. The Morgan fingerprint density at radius 2 is 1.67 bits per heavy atom. The van der Waals surface area contributed by atoms with E-state index in [-0.39, 0.29) is 18.2 Å². The molecule has 0 fully saturated rings. The molecule has 10 heteroatoms. The fraction of sp³-hybridized carbons (Fsp3) is 0.333. The van der Waals surface area contributed by atoms with Crippen molar-refractivity contribution in [2.45, 2.75) is 57.7 Å². The van der Waals surface area contributed by atoms with Gasteiger partial charge in [0.25, 0.3) is 0 Å². The van der Waals surface area contributed by atoms with Crippen LogP contribution in [0.5, 0.6) is 0 Å². The molecular weight excluding hydrogens is 568 g/mol. The number of nitrogens with zero attached hydrogens (tertiary/aromatic N) is 3. The van der Waals surface area contributed by atoms with Crippen LogP contribution in [0.4, 0.5) is 0 Å². The van der Waals surface area contributed by atoms with Gasteiger partial charge in [-0.1, -0.05) is 79.5 Å². The number of carbonyl (C=O) groups excluding carboxylic acids is 3. The minimum atomic E-state index is -0.677. The lowest BCUT2D eigenvalue weighted by Gasteiger charge is -2.22. The predicted octanol–water partition coefficient (Wildman–Crippen LogP) is 5.75. The second-order valence-electron chi connectivity index (χ2n) is 10.2. The molecule has 2 aromatic heterocycles. The fourth-order valence-electron chi connectivity index (χ4n) is 5.16. The van der Waals surface area contributed by atoms with Crippen LogP contribution >= 0.6 is 11.6 Å². The lowest BCUT2D eigenvalue weighted by atomic mass is 9.96. The van der Waals surface area contributed by atoms with Gasteiger partial charge in [0.05, 0.1) is 26.3 Å². The molecule has 1 unspecified atom stereocenters.